The van der Waals surface area contributed by atoms with E-state index < -0.39 is 4.92 Å². The molecule has 0 atom stereocenters. The molecule has 0 aromatic carbocycles. The van der Waals surface area contributed by atoms with Gasteiger partial charge in [0.25, 0.3) is 5.69 Å². The number of hydrogen-bond donors (Lipinski definition) is 2. The molecule has 0 bridgehead atoms. The number of nitrogens with one attached hydrogen (secondary N) is 2. The van der Waals surface area contributed by atoms with Gasteiger partial charge in [-0.1, -0.05) is 13.8 Å². The van der Waals surface area contributed by atoms with Crippen LogP contribution >= 0.6 is 15.9 Å². The van der Waals surface area contributed by atoms with Gasteiger partial charge in [-0.3, -0.25) is 10.1 Å². The van der Waals surface area contributed by atoms with E-state index in [1.807, 2.05) is 0 Å². The Morgan fingerprint density at radius 2 is 2.24 bits per heavy atom. The smallest absolute Gasteiger partial charge is 0.288 e. The molecule has 1 aromatic rings. The number of pyridine rings is 1. The molecule has 0 unspecified atom stereocenters. The molecule has 17 heavy (non-hydrogen) atoms. The Kier molecular flexibility index (Phi) is 5.30. The molecular weight excluding hydrogens is 288 g/mol. The van der Waals surface area contributed by atoms with Crippen LogP contribution < -0.4 is 10.6 Å². The molecule has 1 heterocycles. The molecule has 0 aliphatic carbocycles. The van der Waals surface area contributed by atoms with Gasteiger partial charge in [0.1, 0.15) is 12.0 Å². The van der Waals surface area contributed by atoms with Crippen molar-refractivity contribution in [2.24, 2.45) is 0 Å². The van der Waals surface area contributed by atoms with E-state index in [1.165, 1.54) is 12.3 Å². The van der Waals surface area contributed by atoms with E-state index in [1.54, 1.807) is 0 Å². The van der Waals surface area contributed by atoms with Gasteiger partial charge < -0.3 is 10.6 Å². The van der Waals surface area contributed by atoms with Crippen molar-refractivity contribution < 1.29 is 4.92 Å². The molecule has 94 valence electrons. The second-order valence-corrected chi connectivity index (χ2v) is 4.67. The highest BCUT2D eigenvalue weighted by atomic mass is 79.9. The summed E-state index contributed by atoms with van der Waals surface area (Å²) in [6.07, 6.45) is 1.24. The number of nitrogens with zero attached hydrogens (tertiary/aromatic N) is 2. The van der Waals surface area contributed by atoms with E-state index in [0.29, 0.717) is 22.9 Å². The number of rotatable bonds is 6. The molecule has 0 fully saturated rings. The molecule has 0 aliphatic rings. The van der Waals surface area contributed by atoms with Crippen molar-refractivity contribution in [3.05, 3.63) is 26.9 Å². The van der Waals surface area contributed by atoms with E-state index >= 15 is 0 Å². The van der Waals surface area contributed by atoms with Gasteiger partial charge >= 0.3 is 0 Å². The number of hydrogen-bond acceptors (Lipinski definition) is 5. The summed E-state index contributed by atoms with van der Waals surface area (Å²) in [6.45, 7) is 5.66. The number of halogens is 1. The number of aromatic nitrogens is 1. The first-order valence-corrected chi connectivity index (χ1v) is 6.07. The third-order valence-electron chi connectivity index (χ3n) is 2.01. The first-order valence-electron chi connectivity index (χ1n) is 5.28. The zero-order chi connectivity index (χ0) is 12.8. The van der Waals surface area contributed by atoms with Crippen LogP contribution in [0.2, 0.25) is 0 Å². The molecule has 0 spiro atoms. The van der Waals surface area contributed by atoms with Crippen LogP contribution in [0, 0.1) is 10.1 Å². The van der Waals surface area contributed by atoms with Crippen LogP contribution in [0.15, 0.2) is 16.7 Å². The quantitative estimate of drug-likeness (QED) is 0.478. The Morgan fingerprint density at radius 3 is 2.76 bits per heavy atom. The highest BCUT2D eigenvalue weighted by molar-refractivity contribution is 9.10. The minimum absolute atomic E-state index is 0.0252. The van der Waals surface area contributed by atoms with Gasteiger partial charge in [-0.25, -0.2) is 4.98 Å². The monoisotopic (exact) mass is 302 g/mol. The Morgan fingerprint density at radius 1 is 1.53 bits per heavy atom. The normalized spacial score (nSPS) is 10.6. The van der Waals surface area contributed by atoms with Crippen molar-refractivity contribution in [2.45, 2.75) is 19.9 Å². The maximum Gasteiger partial charge on any atom is 0.288 e. The van der Waals surface area contributed by atoms with E-state index in [4.69, 9.17) is 0 Å². The third-order valence-corrected chi connectivity index (χ3v) is 2.61. The summed E-state index contributed by atoms with van der Waals surface area (Å²) in [6, 6.07) is 1.87. The second kappa shape index (κ2) is 6.51. The highest BCUT2D eigenvalue weighted by Gasteiger charge is 2.09. The van der Waals surface area contributed by atoms with Gasteiger partial charge in [0.2, 0.25) is 0 Å². The van der Waals surface area contributed by atoms with Crippen LogP contribution in [0.4, 0.5) is 11.5 Å². The van der Waals surface area contributed by atoms with E-state index in [2.05, 4.69) is 45.4 Å². The van der Waals surface area contributed by atoms with Crippen LogP contribution in [0.25, 0.3) is 0 Å². The summed E-state index contributed by atoms with van der Waals surface area (Å²) >= 11 is 3.25. The lowest BCUT2D eigenvalue weighted by Gasteiger charge is -2.10. The molecule has 0 saturated heterocycles. The Bertz CT molecular complexity index is 398. The van der Waals surface area contributed by atoms with Crippen LogP contribution in [0.5, 0.6) is 0 Å². The Balaban J connectivity index is 2.52. The Hall–Kier alpha value is -1.21. The summed E-state index contributed by atoms with van der Waals surface area (Å²) < 4.78 is 0.594. The molecule has 6 nitrogen and oxygen atoms in total. The second-order valence-electron chi connectivity index (χ2n) is 3.82. The molecule has 1 rings (SSSR count). The van der Waals surface area contributed by atoms with Crippen LogP contribution in [-0.4, -0.2) is 29.0 Å². The molecule has 0 amide bonds. The Labute approximate surface area is 108 Å². The fraction of sp³-hybridized carbons (Fsp3) is 0.500. The average Bonchev–Trinajstić information content (AvgIpc) is 2.25. The van der Waals surface area contributed by atoms with Crippen molar-refractivity contribution >= 4 is 27.4 Å². The average molecular weight is 303 g/mol. The first-order chi connectivity index (χ1) is 8.00. The van der Waals surface area contributed by atoms with Crippen molar-refractivity contribution in [3.8, 4) is 0 Å². The predicted molar refractivity (Wildman–Crippen MR) is 70.2 cm³/mol. The van der Waals surface area contributed by atoms with Crippen LogP contribution in [0.3, 0.4) is 0 Å². The standard InChI is InChI=1S/C10H15BrN4O2/c1-7(2)12-3-4-13-10-9(11)5-8(6-14-10)15(16)17/h5-7,12H,3-4H2,1-2H3,(H,13,14). The molecule has 2 N–H and O–H groups in total. The molecular formula is C10H15BrN4O2. The van der Waals surface area contributed by atoms with Gasteiger partial charge in [-0.2, -0.15) is 0 Å². The van der Waals surface area contributed by atoms with Crippen molar-refractivity contribution in [1.29, 1.82) is 0 Å². The first kappa shape index (κ1) is 13.9. The van der Waals surface area contributed by atoms with E-state index in [0.717, 1.165) is 6.54 Å². The molecule has 1 aromatic heterocycles. The van der Waals surface area contributed by atoms with Crippen LogP contribution in [-0.2, 0) is 0 Å². The van der Waals surface area contributed by atoms with E-state index in [-0.39, 0.29) is 5.69 Å². The van der Waals surface area contributed by atoms with Gasteiger partial charge in [-0.05, 0) is 15.9 Å². The van der Waals surface area contributed by atoms with Crippen molar-refractivity contribution in [3.63, 3.8) is 0 Å². The fourth-order valence-corrected chi connectivity index (χ4v) is 1.68. The molecule has 0 aliphatic heterocycles. The lowest BCUT2D eigenvalue weighted by atomic mass is 10.4. The van der Waals surface area contributed by atoms with Gasteiger partial charge in [-0.15, -0.1) is 0 Å². The third kappa shape index (κ3) is 4.66. The predicted octanol–water partition coefficient (Wildman–Crippen LogP) is 2.16. The van der Waals surface area contributed by atoms with Gasteiger partial charge in [0.15, 0.2) is 0 Å². The fourth-order valence-electron chi connectivity index (χ4n) is 1.20. The summed E-state index contributed by atoms with van der Waals surface area (Å²) in [5.74, 6) is 0.612. The summed E-state index contributed by atoms with van der Waals surface area (Å²) in [5, 5.41) is 16.9. The summed E-state index contributed by atoms with van der Waals surface area (Å²) in [4.78, 5) is 14.0. The maximum absolute atomic E-state index is 10.5. The zero-order valence-corrected chi connectivity index (χ0v) is 11.3. The van der Waals surface area contributed by atoms with Crippen LogP contribution in [0.1, 0.15) is 13.8 Å². The van der Waals surface area contributed by atoms with Gasteiger partial charge in [0, 0.05) is 25.2 Å². The maximum atomic E-state index is 10.5. The minimum atomic E-state index is -0.470. The highest BCUT2D eigenvalue weighted by Crippen LogP contribution is 2.23. The number of anilines is 1. The largest absolute Gasteiger partial charge is 0.368 e. The molecule has 0 saturated carbocycles. The molecule has 7 heteroatoms. The van der Waals surface area contributed by atoms with Crippen molar-refractivity contribution in [1.82, 2.24) is 10.3 Å². The number of nitro groups is 1. The molecule has 0 radical (unpaired) electrons. The lowest BCUT2D eigenvalue weighted by Crippen LogP contribution is -2.28. The lowest BCUT2D eigenvalue weighted by molar-refractivity contribution is -0.385. The van der Waals surface area contributed by atoms with Crippen molar-refractivity contribution in [2.75, 3.05) is 18.4 Å². The zero-order valence-electron chi connectivity index (χ0n) is 9.74. The summed E-state index contributed by atoms with van der Waals surface area (Å²) in [7, 11) is 0. The van der Waals surface area contributed by atoms with E-state index in [9.17, 15) is 10.1 Å². The minimum Gasteiger partial charge on any atom is -0.368 e. The topological polar surface area (TPSA) is 80.1 Å². The SMILES string of the molecule is CC(C)NCCNc1ncc([N+](=O)[O-])cc1Br. The summed E-state index contributed by atoms with van der Waals surface area (Å²) in [5.41, 5.74) is -0.0252. The van der Waals surface area contributed by atoms with Gasteiger partial charge in [0.05, 0.1) is 9.40 Å².